The molecule has 174 valence electrons. The van der Waals surface area contributed by atoms with E-state index in [4.69, 9.17) is 5.11 Å². The molecule has 0 spiro atoms. The third-order valence-corrected chi connectivity index (χ3v) is 5.43. The van der Waals surface area contributed by atoms with E-state index in [1.165, 1.54) is 12.1 Å². The fourth-order valence-electron chi connectivity index (χ4n) is 3.80. The van der Waals surface area contributed by atoms with Gasteiger partial charge in [0.05, 0.1) is 35.2 Å². The lowest BCUT2D eigenvalue weighted by Crippen LogP contribution is -2.43. The molecule has 2 unspecified atom stereocenters. The number of hydrogen-bond acceptors (Lipinski definition) is 7. The molecule has 4 N–H and O–H groups in total. The van der Waals surface area contributed by atoms with E-state index < -0.39 is 5.97 Å². The Hall–Kier alpha value is -4.23. The Labute approximate surface area is 195 Å². The third-order valence-electron chi connectivity index (χ3n) is 5.43. The van der Waals surface area contributed by atoms with E-state index in [1.807, 2.05) is 6.20 Å². The Kier molecular flexibility index (Phi) is 7.15. The fraction of sp³-hybridized carbons (Fsp3) is 0.292. The summed E-state index contributed by atoms with van der Waals surface area (Å²) in [5, 5.41) is 20.2. The first kappa shape index (κ1) is 22.9. The second-order valence-electron chi connectivity index (χ2n) is 7.87. The van der Waals surface area contributed by atoms with Crippen LogP contribution in [-0.4, -0.2) is 49.6 Å². The van der Waals surface area contributed by atoms with Crippen LogP contribution in [0, 0.1) is 11.8 Å². The van der Waals surface area contributed by atoms with Crippen LogP contribution >= 0.6 is 0 Å². The van der Waals surface area contributed by atoms with Crippen LogP contribution in [0.1, 0.15) is 53.3 Å². The SMILES string of the molecule is O=CCCC1Nc2nc(-c3cnn(CC#Cc4cccc(C(=O)O)c4)c3)[nH]c2C(CCC=O)N1. The molecule has 0 saturated heterocycles. The Balaban J connectivity index is 1.48. The third kappa shape index (κ3) is 5.39. The number of rotatable bonds is 9. The number of carbonyl (C=O) groups is 3. The van der Waals surface area contributed by atoms with Gasteiger partial charge in [0.15, 0.2) is 5.82 Å². The van der Waals surface area contributed by atoms with Crippen molar-refractivity contribution < 1.29 is 19.5 Å². The molecule has 2 aromatic heterocycles. The summed E-state index contributed by atoms with van der Waals surface area (Å²) >= 11 is 0. The summed E-state index contributed by atoms with van der Waals surface area (Å²) in [6, 6.07) is 6.39. The summed E-state index contributed by atoms with van der Waals surface area (Å²) in [7, 11) is 0. The molecule has 0 amide bonds. The number of hydrogen-bond donors (Lipinski definition) is 4. The number of aldehydes is 2. The maximum Gasteiger partial charge on any atom is 0.335 e. The van der Waals surface area contributed by atoms with Crippen molar-refractivity contribution in [2.24, 2.45) is 0 Å². The Morgan fingerprint density at radius 2 is 2.03 bits per heavy atom. The Bertz CT molecular complexity index is 1250. The van der Waals surface area contributed by atoms with E-state index in [0.717, 1.165) is 23.8 Å². The average molecular weight is 460 g/mol. The lowest BCUT2D eigenvalue weighted by atomic mass is 10.0. The first-order valence-corrected chi connectivity index (χ1v) is 10.9. The average Bonchev–Trinajstić information content (AvgIpc) is 3.48. The highest BCUT2D eigenvalue weighted by atomic mass is 16.4. The van der Waals surface area contributed by atoms with Crippen molar-refractivity contribution in [3.05, 3.63) is 53.5 Å². The minimum Gasteiger partial charge on any atom is -0.478 e. The number of benzene rings is 1. The van der Waals surface area contributed by atoms with E-state index in [0.29, 0.717) is 49.4 Å². The lowest BCUT2D eigenvalue weighted by molar-refractivity contribution is -0.108. The first-order valence-electron chi connectivity index (χ1n) is 10.9. The number of aromatic nitrogens is 4. The van der Waals surface area contributed by atoms with Crippen molar-refractivity contribution in [3.63, 3.8) is 0 Å². The largest absolute Gasteiger partial charge is 0.478 e. The maximum absolute atomic E-state index is 11.1. The number of fused-ring (bicyclic) bond motifs is 1. The molecule has 10 nitrogen and oxygen atoms in total. The molecule has 0 radical (unpaired) electrons. The maximum atomic E-state index is 11.1. The van der Waals surface area contributed by atoms with Crippen LogP contribution in [0.5, 0.6) is 0 Å². The zero-order valence-corrected chi connectivity index (χ0v) is 18.3. The molecular formula is C24H24N6O4. The van der Waals surface area contributed by atoms with Crippen LogP contribution in [0.3, 0.4) is 0 Å². The molecule has 3 aromatic rings. The number of carbonyl (C=O) groups excluding carboxylic acids is 2. The van der Waals surface area contributed by atoms with Crippen LogP contribution in [0.15, 0.2) is 36.7 Å². The minimum absolute atomic E-state index is 0.0816. The summed E-state index contributed by atoms with van der Waals surface area (Å²) in [6.07, 6.45) is 7.26. The Morgan fingerprint density at radius 1 is 1.21 bits per heavy atom. The number of carboxylic acids is 1. The van der Waals surface area contributed by atoms with E-state index in [1.54, 1.807) is 23.0 Å². The molecule has 1 aliphatic rings. The van der Waals surface area contributed by atoms with Crippen LogP contribution in [-0.2, 0) is 16.1 Å². The van der Waals surface area contributed by atoms with Crippen molar-refractivity contribution in [2.45, 2.75) is 44.4 Å². The molecule has 0 saturated carbocycles. The second kappa shape index (κ2) is 10.6. The van der Waals surface area contributed by atoms with Gasteiger partial charge in [-0.2, -0.15) is 5.10 Å². The number of nitrogens with one attached hydrogen (secondary N) is 3. The summed E-state index contributed by atoms with van der Waals surface area (Å²) in [5.74, 6) is 6.30. The van der Waals surface area contributed by atoms with Gasteiger partial charge in [-0.05, 0) is 31.0 Å². The van der Waals surface area contributed by atoms with Crippen LogP contribution < -0.4 is 10.6 Å². The number of aromatic carboxylic acids is 1. The van der Waals surface area contributed by atoms with Crippen LogP contribution in [0.4, 0.5) is 5.82 Å². The molecule has 4 rings (SSSR count). The first-order chi connectivity index (χ1) is 16.6. The molecule has 34 heavy (non-hydrogen) atoms. The van der Waals surface area contributed by atoms with Crippen molar-refractivity contribution in [1.82, 2.24) is 25.1 Å². The van der Waals surface area contributed by atoms with Gasteiger partial charge >= 0.3 is 5.97 Å². The van der Waals surface area contributed by atoms with Gasteiger partial charge in [-0.3, -0.25) is 10.00 Å². The number of H-pyrrole nitrogens is 1. The molecule has 3 heterocycles. The molecule has 0 bridgehead atoms. The van der Waals surface area contributed by atoms with Gasteiger partial charge in [0.25, 0.3) is 0 Å². The molecular weight excluding hydrogens is 436 g/mol. The second-order valence-corrected chi connectivity index (χ2v) is 7.87. The predicted molar refractivity (Wildman–Crippen MR) is 124 cm³/mol. The van der Waals surface area contributed by atoms with E-state index >= 15 is 0 Å². The van der Waals surface area contributed by atoms with Crippen molar-refractivity contribution in [1.29, 1.82) is 0 Å². The monoisotopic (exact) mass is 460 g/mol. The van der Waals surface area contributed by atoms with Crippen molar-refractivity contribution in [3.8, 4) is 23.2 Å². The van der Waals surface area contributed by atoms with Crippen LogP contribution in [0.2, 0.25) is 0 Å². The highest BCUT2D eigenvalue weighted by Gasteiger charge is 2.29. The minimum atomic E-state index is -0.991. The standard InChI is InChI=1S/C24H24N6O4/c31-11-3-8-19-21-23(27-20(26-19)9-4-12-32)29-22(28-21)18-14-25-30(15-18)10-2-6-16-5-1-7-17(13-16)24(33)34/h1,5,7,11-15,19-20,26-27H,3-4,8-10H2,(H,28,29)(H,33,34). The molecule has 2 atom stereocenters. The normalized spacial score (nSPS) is 16.6. The summed E-state index contributed by atoms with van der Waals surface area (Å²) in [5.41, 5.74) is 2.46. The summed E-state index contributed by atoms with van der Waals surface area (Å²) in [6.45, 7) is 0.327. The lowest BCUT2D eigenvalue weighted by Gasteiger charge is -2.31. The van der Waals surface area contributed by atoms with E-state index in [2.05, 4.69) is 37.5 Å². The number of carboxylic acid groups (broad SMARTS) is 1. The predicted octanol–water partition coefficient (Wildman–Crippen LogP) is 2.36. The number of anilines is 1. The number of aromatic amines is 1. The summed E-state index contributed by atoms with van der Waals surface area (Å²) < 4.78 is 1.67. The fourth-order valence-corrected chi connectivity index (χ4v) is 3.80. The summed E-state index contributed by atoms with van der Waals surface area (Å²) in [4.78, 5) is 40.8. The van der Waals surface area contributed by atoms with Crippen molar-refractivity contribution in [2.75, 3.05) is 5.32 Å². The topological polar surface area (TPSA) is 142 Å². The molecule has 0 fully saturated rings. The van der Waals surface area contributed by atoms with Gasteiger partial charge in [0.1, 0.15) is 24.9 Å². The van der Waals surface area contributed by atoms with Crippen LogP contribution in [0.25, 0.3) is 11.4 Å². The Morgan fingerprint density at radius 3 is 2.82 bits per heavy atom. The molecule has 1 aromatic carbocycles. The molecule has 10 heteroatoms. The van der Waals surface area contributed by atoms with Gasteiger partial charge in [-0.25, -0.2) is 9.78 Å². The highest BCUT2D eigenvalue weighted by Crippen LogP contribution is 2.32. The van der Waals surface area contributed by atoms with Crippen molar-refractivity contribution >= 4 is 24.4 Å². The molecule has 1 aliphatic heterocycles. The zero-order chi connectivity index (χ0) is 23.9. The van der Waals surface area contributed by atoms with E-state index in [9.17, 15) is 14.4 Å². The smallest absolute Gasteiger partial charge is 0.335 e. The van der Waals surface area contributed by atoms with Gasteiger partial charge in [0.2, 0.25) is 0 Å². The van der Waals surface area contributed by atoms with Gasteiger partial charge in [0, 0.05) is 24.6 Å². The highest BCUT2D eigenvalue weighted by molar-refractivity contribution is 5.88. The number of nitrogens with zero attached hydrogens (tertiary/aromatic N) is 3. The van der Waals surface area contributed by atoms with Gasteiger partial charge in [-0.15, -0.1) is 0 Å². The van der Waals surface area contributed by atoms with Gasteiger partial charge < -0.3 is 25.0 Å². The zero-order valence-electron chi connectivity index (χ0n) is 18.3. The number of imidazole rings is 1. The van der Waals surface area contributed by atoms with Gasteiger partial charge in [-0.1, -0.05) is 17.9 Å². The molecule has 0 aliphatic carbocycles. The van der Waals surface area contributed by atoms with E-state index in [-0.39, 0.29) is 17.8 Å². The quantitative estimate of drug-likeness (QED) is 0.282.